The summed E-state index contributed by atoms with van der Waals surface area (Å²) in [6, 6.07) is 12.0. The number of nitrogens with one attached hydrogen (secondary N) is 3. The number of amides is 3. The number of alkyl halides is 6. The molecule has 0 bridgehead atoms. The highest BCUT2D eigenvalue weighted by Gasteiger charge is 2.37. The topological polar surface area (TPSA) is 85.9 Å². The maximum absolute atomic E-state index is 13.2. The number of rotatable bonds is 7. The lowest BCUT2D eigenvalue weighted by atomic mass is 10.1. The molecule has 1 heterocycles. The summed E-state index contributed by atoms with van der Waals surface area (Å²) in [5.74, 6) is 0.394. The van der Waals surface area contributed by atoms with E-state index in [0.29, 0.717) is 44.0 Å². The molecule has 1 saturated heterocycles. The normalized spacial score (nSPS) is 15.5. The molecule has 44 heavy (non-hydrogen) atoms. The monoisotopic (exact) mass is 621 g/mol. The fraction of sp³-hybridized carbons (Fsp3) is 0.333. The minimum atomic E-state index is -5.06. The third-order valence-electron chi connectivity index (χ3n) is 7.30. The second kappa shape index (κ2) is 12.2. The van der Waals surface area contributed by atoms with E-state index < -0.39 is 35.2 Å². The third kappa shape index (κ3) is 7.29. The summed E-state index contributed by atoms with van der Waals surface area (Å²) in [5.41, 5.74) is -1.83. The maximum atomic E-state index is 13.2. The number of methoxy groups -OCH3 is 1. The lowest BCUT2D eigenvalue weighted by molar-refractivity contribution is -0.143. The molecule has 1 saturated carbocycles. The number of hydrogen-bond donors (Lipinski definition) is 3. The van der Waals surface area contributed by atoms with Gasteiger partial charge in [0.2, 0.25) is 0 Å². The molecule has 0 radical (unpaired) electrons. The zero-order chi connectivity index (χ0) is 31.6. The number of ether oxygens (including phenoxy) is 1. The van der Waals surface area contributed by atoms with E-state index in [-0.39, 0.29) is 29.3 Å². The Bertz CT molecular complexity index is 1500. The number of anilines is 4. The Kier molecular flexibility index (Phi) is 8.53. The summed E-state index contributed by atoms with van der Waals surface area (Å²) in [4.78, 5) is 30.1. The first-order chi connectivity index (χ1) is 20.8. The number of carbonyl (C=O) groups excluding carboxylic acids is 2. The summed E-state index contributed by atoms with van der Waals surface area (Å²) in [6.07, 6.45) is -8.44. The SMILES string of the molecule is COc1ccccc1N1CCN(c2ccc(NC(=O)Nc3cc(C(F)(F)F)cc(C(F)(F)F)c3)cc2C(=O)NC2CC2)CC1. The number of nitrogens with zero attached hydrogens (tertiary/aromatic N) is 2. The molecule has 3 N–H and O–H groups in total. The van der Waals surface area contributed by atoms with Crippen LogP contribution in [0.1, 0.15) is 34.3 Å². The second-order valence-corrected chi connectivity index (χ2v) is 10.5. The molecule has 3 aromatic rings. The van der Waals surface area contributed by atoms with Crippen molar-refractivity contribution in [3.05, 3.63) is 77.4 Å². The fourth-order valence-electron chi connectivity index (χ4n) is 4.96. The van der Waals surface area contributed by atoms with Gasteiger partial charge in [-0.3, -0.25) is 4.79 Å². The molecule has 2 aliphatic rings. The van der Waals surface area contributed by atoms with Gasteiger partial charge in [-0.05, 0) is 61.4 Å². The van der Waals surface area contributed by atoms with E-state index in [0.717, 1.165) is 24.3 Å². The number of urea groups is 1. The lowest BCUT2D eigenvalue weighted by Gasteiger charge is -2.38. The molecule has 0 atom stereocenters. The van der Waals surface area contributed by atoms with E-state index in [4.69, 9.17) is 4.74 Å². The summed E-state index contributed by atoms with van der Waals surface area (Å²) < 4.78 is 84.8. The van der Waals surface area contributed by atoms with E-state index in [9.17, 15) is 35.9 Å². The molecule has 0 aromatic heterocycles. The van der Waals surface area contributed by atoms with E-state index in [1.807, 2.05) is 34.5 Å². The molecule has 2 fully saturated rings. The molecule has 5 rings (SSSR count). The molecular weight excluding hydrogens is 592 g/mol. The summed E-state index contributed by atoms with van der Waals surface area (Å²) >= 11 is 0. The van der Waals surface area contributed by atoms with Gasteiger partial charge in [-0.25, -0.2) is 4.79 Å². The van der Waals surface area contributed by atoms with Crippen molar-refractivity contribution in [3.63, 3.8) is 0 Å². The Morgan fingerprint density at radius 3 is 1.89 bits per heavy atom. The standard InChI is InChI=1S/C30H29F6N5O3/c1-44-26-5-3-2-4-25(26)41-12-10-40(11-13-41)24-9-8-21(17-23(24)27(42)37-20-6-7-20)38-28(43)39-22-15-18(29(31,32)33)14-19(16-22)30(34,35)36/h2-5,8-9,14-17,20H,6-7,10-13H2,1H3,(H,37,42)(H2,38,39,43). The van der Waals surface area contributed by atoms with Gasteiger partial charge in [0.15, 0.2) is 0 Å². The van der Waals surface area contributed by atoms with Gasteiger partial charge >= 0.3 is 18.4 Å². The van der Waals surface area contributed by atoms with Crippen LogP contribution < -0.4 is 30.5 Å². The van der Waals surface area contributed by atoms with Crippen LogP contribution in [0, 0.1) is 0 Å². The van der Waals surface area contributed by atoms with Gasteiger partial charge in [0.1, 0.15) is 5.75 Å². The fourth-order valence-corrected chi connectivity index (χ4v) is 4.96. The quantitative estimate of drug-likeness (QED) is 0.259. The van der Waals surface area contributed by atoms with Crippen LogP contribution in [-0.4, -0.2) is 51.3 Å². The van der Waals surface area contributed by atoms with Crippen molar-refractivity contribution < 1.29 is 40.7 Å². The van der Waals surface area contributed by atoms with Crippen molar-refractivity contribution >= 4 is 34.7 Å². The molecule has 8 nitrogen and oxygen atoms in total. The molecule has 0 unspecified atom stereocenters. The van der Waals surface area contributed by atoms with Gasteiger partial charge in [-0.15, -0.1) is 0 Å². The first-order valence-corrected chi connectivity index (χ1v) is 13.8. The Balaban J connectivity index is 1.33. The molecular formula is C30H29F6N5O3. The first-order valence-electron chi connectivity index (χ1n) is 13.8. The van der Waals surface area contributed by atoms with Crippen LogP contribution in [0.5, 0.6) is 5.75 Å². The second-order valence-electron chi connectivity index (χ2n) is 10.5. The zero-order valence-electron chi connectivity index (χ0n) is 23.5. The van der Waals surface area contributed by atoms with Gasteiger partial charge in [-0.2, -0.15) is 26.3 Å². The van der Waals surface area contributed by atoms with E-state index >= 15 is 0 Å². The van der Waals surface area contributed by atoms with Crippen molar-refractivity contribution in [2.24, 2.45) is 0 Å². The van der Waals surface area contributed by atoms with Crippen LogP contribution in [0.3, 0.4) is 0 Å². The van der Waals surface area contributed by atoms with Crippen molar-refractivity contribution in [2.45, 2.75) is 31.2 Å². The highest BCUT2D eigenvalue weighted by molar-refractivity contribution is 6.04. The van der Waals surface area contributed by atoms with Crippen LogP contribution in [0.15, 0.2) is 60.7 Å². The van der Waals surface area contributed by atoms with Crippen molar-refractivity contribution in [1.29, 1.82) is 0 Å². The molecule has 1 aliphatic carbocycles. The Labute approximate surface area is 249 Å². The Hall–Kier alpha value is -4.62. The molecule has 1 aliphatic heterocycles. The maximum Gasteiger partial charge on any atom is 0.416 e. The van der Waals surface area contributed by atoms with E-state index in [1.165, 1.54) is 12.1 Å². The Morgan fingerprint density at radius 2 is 1.32 bits per heavy atom. The van der Waals surface area contributed by atoms with Crippen molar-refractivity contribution in [1.82, 2.24) is 5.32 Å². The van der Waals surface area contributed by atoms with Crippen LogP contribution in [0.2, 0.25) is 0 Å². The highest BCUT2D eigenvalue weighted by atomic mass is 19.4. The van der Waals surface area contributed by atoms with Gasteiger partial charge in [0, 0.05) is 49.3 Å². The van der Waals surface area contributed by atoms with Gasteiger partial charge < -0.3 is 30.5 Å². The predicted octanol–water partition coefficient (Wildman–Crippen LogP) is 6.60. The molecule has 0 spiro atoms. The largest absolute Gasteiger partial charge is 0.495 e. The average Bonchev–Trinajstić information content (AvgIpc) is 3.80. The lowest BCUT2D eigenvalue weighted by Crippen LogP contribution is -2.47. The smallest absolute Gasteiger partial charge is 0.416 e. The van der Waals surface area contributed by atoms with E-state index in [1.54, 1.807) is 13.2 Å². The molecule has 14 heteroatoms. The number of hydrogen-bond acceptors (Lipinski definition) is 5. The molecule has 3 amide bonds. The Morgan fingerprint density at radius 1 is 0.750 bits per heavy atom. The molecule has 234 valence electrons. The number of para-hydroxylation sites is 2. The van der Waals surface area contributed by atoms with Crippen molar-refractivity contribution in [3.8, 4) is 5.75 Å². The number of piperazine rings is 1. The van der Waals surface area contributed by atoms with Gasteiger partial charge in [0.05, 0.1) is 29.5 Å². The van der Waals surface area contributed by atoms with Gasteiger partial charge in [-0.1, -0.05) is 12.1 Å². The predicted molar refractivity (Wildman–Crippen MR) is 153 cm³/mol. The van der Waals surface area contributed by atoms with E-state index in [2.05, 4.69) is 15.5 Å². The van der Waals surface area contributed by atoms with Crippen LogP contribution in [0.4, 0.5) is 53.9 Å². The third-order valence-corrected chi connectivity index (χ3v) is 7.30. The summed E-state index contributed by atoms with van der Waals surface area (Å²) in [7, 11) is 1.61. The number of carbonyl (C=O) groups is 2. The number of halogens is 6. The van der Waals surface area contributed by atoms with Crippen LogP contribution in [0.25, 0.3) is 0 Å². The summed E-state index contributed by atoms with van der Waals surface area (Å²) in [6.45, 7) is 2.44. The summed E-state index contributed by atoms with van der Waals surface area (Å²) in [5, 5.41) is 7.37. The first kappa shape index (κ1) is 30.8. The minimum absolute atomic E-state index is 0.0251. The highest BCUT2D eigenvalue weighted by Crippen LogP contribution is 2.38. The molecule has 3 aromatic carbocycles. The average molecular weight is 622 g/mol. The zero-order valence-corrected chi connectivity index (χ0v) is 23.5. The van der Waals surface area contributed by atoms with Crippen LogP contribution >= 0.6 is 0 Å². The van der Waals surface area contributed by atoms with Crippen molar-refractivity contribution in [2.75, 3.05) is 53.7 Å². The minimum Gasteiger partial charge on any atom is -0.495 e. The van der Waals surface area contributed by atoms with Crippen LogP contribution in [-0.2, 0) is 12.4 Å². The number of benzene rings is 3. The van der Waals surface area contributed by atoms with Gasteiger partial charge in [0.25, 0.3) is 5.91 Å².